The zero-order chi connectivity index (χ0) is 17.7. The van der Waals surface area contributed by atoms with Crippen molar-refractivity contribution in [3.8, 4) is 0 Å². The second-order valence-corrected chi connectivity index (χ2v) is 6.43. The Kier molecular flexibility index (Phi) is 6.69. The summed E-state index contributed by atoms with van der Waals surface area (Å²) in [5.41, 5.74) is 0.174. The standard InChI is InChI=1S/C18H26N2O3S/c1-4-19-16(21)14(17(22)20(5-2)18(19)24)11-8-10-13-9-6-7-12-15(13)23-3/h8,10-11,13,15H,4-7,9,12H2,1-3H3/b10-8+. The monoisotopic (exact) mass is 350 g/mol. The van der Waals surface area contributed by atoms with Gasteiger partial charge in [-0.3, -0.25) is 19.4 Å². The minimum Gasteiger partial charge on any atom is -0.381 e. The molecule has 0 aromatic rings. The Morgan fingerprint density at radius 3 is 2.25 bits per heavy atom. The van der Waals surface area contributed by atoms with Crippen molar-refractivity contribution in [2.24, 2.45) is 5.92 Å². The lowest BCUT2D eigenvalue weighted by Crippen LogP contribution is -2.55. The van der Waals surface area contributed by atoms with Crippen molar-refractivity contribution in [1.29, 1.82) is 0 Å². The molecule has 2 fully saturated rings. The van der Waals surface area contributed by atoms with Crippen LogP contribution in [0, 0.1) is 5.92 Å². The molecule has 2 unspecified atom stereocenters. The molecule has 1 saturated heterocycles. The van der Waals surface area contributed by atoms with Gasteiger partial charge in [-0.1, -0.05) is 25.0 Å². The number of amides is 2. The molecule has 2 amide bonds. The molecule has 2 rings (SSSR count). The number of carbonyl (C=O) groups is 2. The molecule has 0 aromatic carbocycles. The molecule has 1 saturated carbocycles. The Balaban J connectivity index is 2.19. The number of allylic oxidation sites excluding steroid dienone is 2. The van der Waals surface area contributed by atoms with Crippen LogP contribution in [0.1, 0.15) is 39.5 Å². The first-order chi connectivity index (χ1) is 11.5. The number of thiocarbonyl (C=S) groups is 1. The van der Waals surface area contributed by atoms with Gasteiger partial charge in [0.15, 0.2) is 5.11 Å². The predicted molar refractivity (Wildman–Crippen MR) is 97.4 cm³/mol. The van der Waals surface area contributed by atoms with E-state index in [1.807, 2.05) is 19.9 Å². The van der Waals surface area contributed by atoms with Crippen molar-refractivity contribution < 1.29 is 14.3 Å². The summed E-state index contributed by atoms with van der Waals surface area (Å²) in [6, 6.07) is 0. The van der Waals surface area contributed by atoms with Crippen LogP contribution in [0.5, 0.6) is 0 Å². The highest BCUT2D eigenvalue weighted by Crippen LogP contribution is 2.27. The van der Waals surface area contributed by atoms with Crippen LogP contribution in [0.15, 0.2) is 23.8 Å². The predicted octanol–water partition coefficient (Wildman–Crippen LogP) is 2.67. The van der Waals surface area contributed by atoms with E-state index in [1.165, 1.54) is 22.6 Å². The molecule has 5 nitrogen and oxygen atoms in total. The Hall–Kier alpha value is -1.53. The van der Waals surface area contributed by atoms with Gasteiger partial charge >= 0.3 is 0 Å². The van der Waals surface area contributed by atoms with E-state index >= 15 is 0 Å². The van der Waals surface area contributed by atoms with Crippen molar-refractivity contribution in [3.63, 3.8) is 0 Å². The summed E-state index contributed by atoms with van der Waals surface area (Å²) in [5, 5.41) is 0.294. The Morgan fingerprint density at radius 1 is 1.12 bits per heavy atom. The minimum absolute atomic E-state index is 0.174. The average molecular weight is 350 g/mol. The minimum atomic E-state index is -0.311. The van der Waals surface area contributed by atoms with Crippen molar-refractivity contribution in [2.75, 3.05) is 20.2 Å². The third kappa shape index (κ3) is 3.75. The molecule has 6 heteroatoms. The van der Waals surface area contributed by atoms with Crippen LogP contribution in [-0.4, -0.2) is 53.0 Å². The van der Waals surface area contributed by atoms with Crippen molar-refractivity contribution in [3.05, 3.63) is 23.8 Å². The Labute approximate surface area is 149 Å². The summed E-state index contributed by atoms with van der Waals surface area (Å²) in [5.74, 6) is -0.289. The van der Waals surface area contributed by atoms with Gasteiger partial charge in [-0.05, 0) is 45.0 Å². The first-order valence-corrected chi connectivity index (χ1v) is 9.04. The first kappa shape index (κ1) is 18.8. The van der Waals surface area contributed by atoms with Crippen LogP contribution in [0.25, 0.3) is 0 Å². The number of ether oxygens (including phenoxy) is 1. The molecule has 2 aliphatic rings. The normalized spacial score (nSPS) is 25.8. The number of likely N-dealkylation sites (N-methyl/N-ethyl adjacent to an activating group) is 2. The molecular formula is C18H26N2O3S. The summed E-state index contributed by atoms with van der Waals surface area (Å²) in [6.07, 6.45) is 10.2. The van der Waals surface area contributed by atoms with E-state index in [9.17, 15) is 9.59 Å². The van der Waals surface area contributed by atoms with Gasteiger partial charge in [0.1, 0.15) is 5.57 Å². The van der Waals surface area contributed by atoms with E-state index in [2.05, 4.69) is 6.08 Å². The zero-order valence-corrected chi connectivity index (χ0v) is 15.5. The maximum atomic E-state index is 12.5. The van der Waals surface area contributed by atoms with Crippen LogP contribution in [0.2, 0.25) is 0 Å². The Morgan fingerprint density at radius 2 is 1.71 bits per heavy atom. The highest BCUT2D eigenvalue weighted by Gasteiger charge is 2.37. The molecule has 132 valence electrons. The highest BCUT2D eigenvalue weighted by molar-refractivity contribution is 7.80. The van der Waals surface area contributed by atoms with Gasteiger partial charge in [0.25, 0.3) is 11.8 Å². The largest absolute Gasteiger partial charge is 0.381 e. The van der Waals surface area contributed by atoms with Gasteiger partial charge in [-0.25, -0.2) is 0 Å². The fraction of sp³-hybridized carbons (Fsp3) is 0.611. The van der Waals surface area contributed by atoms with Crippen molar-refractivity contribution >= 4 is 29.1 Å². The van der Waals surface area contributed by atoms with Gasteiger partial charge in [0.05, 0.1) is 6.10 Å². The van der Waals surface area contributed by atoms with Gasteiger partial charge in [0, 0.05) is 26.1 Å². The SMILES string of the molecule is CCN1C(=O)C(=C/C=C/C2CCCCC2OC)C(=O)N(CC)C1=S. The number of hydrogen-bond donors (Lipinski definition) is 0. The van der Waals surface area contributed by atoms with E-state index in [1.54, 1.807) is 13.2 Å². The number of methoxy groups -OCH3 is 1. The fourth-order valence-corrected chi connectivity index (χ4v) is 3.76. The van der Waals surface area contributed by atoms with E-state index in [0.29, 0.717) is 24.1 Å². The maximum absolute atomic E-state index is 12.5. The quantitative estimate of drug-likeness (QED) is 0.435. The van der Waals surface area contributed by atoms with Gasteiger partial charge in [-0.15, -0.1) is 0 Å². The molecule has 0 aromatic heterocycles. The van der Waals surface area contributed by atoms with Gasteiger partial charge in [-0.2, -0.15) is 0 Å². The highest BCUT2D eigenvalue weighted by atomic mass is 32.1. The number of rotatable bonds is 5. The van der Waals surface area contributed by atoms with Crippen LogP contribution >= 0.6 is 12.2 Å². The number of hydrogen-bond acceptors (Lipinski definition) is 4. The molecule has 0 spiro atoms. The smallest absolute Gasteiger partial charge is 0.265 e. The lowest BCUT2D eigenvalue weighted by Gasteiger charge is -2.35. The summed E-state index contributed by atoms with van der Waals surface area (Å²) >= 11 is 5.25. The maximum Gasteiger partial charge on any atom is 0.265 e. The third-order valence-corrected chi connectivity index (χ3v) is 5.16. The topological polar surface area (TPSA) is 49.9 Å². The van der Waals surface area contributed by atoms with E-state index in [4.69, 9.17) is 17.0 Å². The average Bonchev–Trinajstić information content (AvgIpc) is 2.59. The molecule has 1 aliphatic carbocycles. The molecule has 1 aliphatic heterocycles. The molecule has 2 atom stereocenters. The van der Waals surface area contributed by atoms with E-state index in [-0.39, 0.29) is 23.5 Å². The second kappa shape index (κ2) is 8.53. The van der Waals surface area contributed by atoms with Gasteiger partial charge in [0.2, 0.25) is 0 Å². The van der Waals surface area contributed by atoms with Crippen molar-refractivity contribution in [1.82, 2.24) is 9.80 Å². The van der Waals surface area contributed by atoms with E-state index in [0.717, 1.165) is 12.8 Å². The van der Waals surface area contributed by atoms with Crippen LogP contribution in [0.4, 0.5) is 0 Å². The fourth-order valence-electron chi connectivity index (χ4n) is 3.33. The molecule has 0 N–H and O–H groups in total. The lowest BCUT2D eigenvalue weighted by molar-refractivity contribution is -0.133. The van der Waals surface area contributed by atoms with Gasteiger partial charge < -0.3 is 4.74 Å². The molecule has 24 heavy (non-hydrogen) atoms. The number of carbonyl (C=O) groups excluding carboxylic acids is 2. The zero-order valence-electron chi connectivity index (χ0n) is 14.7. The summed E-state index contributed by atoms with van der Waals surface area (Å²) in [6.45, 7) is 4.62. The molecule has 1 heterocycles. The summed E-state index contributed by atoms with van der Waals surface area (Å²) < 4.78 is 5.53. The molecule has 0 radical (unpaired) electrons. The third-order valence-electron chi connectivity index (χ3n) is 4.72. The number of nitrogens with zero attached hydrogens (tertiary/aromatic N) is 2. The van der Waals surface area contributed by atoms with Crippen molar-refractivity contribution in [2.45, 2.75) is 45.6 Å². The van der Waals surface area contributed by atoms with Crippen LogP contribution in [0.3, 0.4) is 0 Å². The van der Waals surface area contributed by atoms with Crippen LogP contribution in [-0.2, 0) is 14.3 Å². The first-order valence-electron chi connectivity index (χ1n) is 8.64. The second-order valence-electron chi connectivity index (χ2n) is 6.07. The lowest BCUT2D eigenvalue weighted by atomic mass is 9.86. The summed E-state index contributed by atoms with van der Waals surface area (Å²) in [7, 11) is 1.74. The van der Waals surface area contributed by atoms with Crippen LogP contribution < -0.4 is 0 Å². The van der Waals surface area contributed by atoms with E-state index < -0.39 is 0 Å². The Bertz CT molecular complexity index is 543. The molecule has 0 bridgehead atoms. The summed E-state index contributed by atoms with van der Waals surface area (Å²) in [4.78, 5) is 28.0. The molecular weight excluding hydrogens is 324 g/mol.